The number of rotatable bonds is 8. The van der Waals surface area contributed by atoms with E-state index in [1.54, 1.807) is 17.2 Å². The van der Waals surface area contributed by atoms with E-state index in [9.17, 15) is 9.59 Å². The molecule has 2 amide bonds. The van der Waals surface area contributed by atoms with E-state index in [4.69, 9.17) is 5.26 Å². The van der Waals surface area contributed by atoms with Crippen LogP contribution in [0.3, 0.4) is 0 Å². The van der Waals surface area contributed by atoms with Gasteiger partial charge >= 0.3 is 0 Å². The zero-order valence-electron chi connectivity index (χ0n) is 19.9. The summed E-state index contributed by atoms with van der Waals surface area (Å²) < 4.78 is 0. The Balaban J connectivity index is 1.43. The molecule has 4 rings (SSSR count). The van der Waals surface area contributed by atoms with Gasteiger partial charge in [-0.3, -0.25) is 9.59 Å². The molecule has 1 saturated heterocycles. The molecule has 178 valence electrons. The van der Waals surface area contributed by atoms with E-state index in [2.05, 4.69) is 28.6 Å². The third-order valence-electron chi connectivity index (χ3n) is 6.48. The Bertz CT molecular complexity index is 1200. The highest BCUT2D eigenvalue weighted by atomic mass is 16.2. The fraction of sp³-hybridized carbons (Fsp3) is 0.286. The molecule has 1 aliphatic rings. The van der Waals surface area contributed by atoms with E-state index in [0.717, 1.165) is 16.7 Å². The molecule has 1 unspecified atom stereocenters. The Morgan fingerprint density at radius 1 is 1.11 bits per heavy atom. The molecule has 35 heavy (non-hydrogen) atoms. The van der Waals surface area contributed by atoms with Crippen LogP contribution < -0.4 is 10.6 Å². The monoisotopic (exact) mass is 467 g/mol. The Morgan fingerprint density at radius 3 is 2.46 bits per heavy atom. The summed E-state index contributed by atoms with van der Waals surface area (Å²) >= 11 is 0. The van der Waals surface area contributed by atoms with E-state index < -0.39 is 6.04 Å². The van der Waals surface area contributed by atoms with Crippen molar-refractivity contribution in [2.24, 2.45) is 0 Å². The van der Waals surface area contributed by atoms with E-state index >= 15 is 0 Å². The largest absolute Gasteiger partial charge is 0.345 e. The molecule has 0 bridgehead atoms. The maximum Gasteiger partial charge on any atom is 0.247 e. The van der Waals surface area contributed by atoms with Crippen molar-refractivity contribution in [3.8, 4) is 6.07 Å². The van der Waals surface area contributed by atoms with Crippen LogP contribution in [0.25, 0.3) is 0 Å². The lowest BCUT2D eigenvalue weighted by Gasteiger charge is -2.21. The molecule has 1 aromatic heterocycles. The zero-order valence-corrected chi connectivity index (χ0v) is 19.9. The first-order valence-corrected chi connectivity index (χ1v) is 11.7. The lowest BCUT2D eigenvalue weighted by molar-refractivity contribution is -0.126. The number of likely N-dealkylation sites (N-methyl/N-ethyl adjacent to an activating group) is 1. The number of carbonyl (C=O) groups excluding carboxylic acids is 2. The van der Waals surface area contributed by atoms with Gasteiger partial charge in [0, 0.05) is 38.7 Å². The molecule has 0 spiro atoms. The second kappa shape index (κ2) is 10.9. The highest BCUT2D eigenvalue weighted by molar-refractivity contribution is 5.94. The number of pyridine rings is 1. The van der Waals surface area contributed by atoms with Crippen molar-refractivity contribution in [2.75, 3.05) is 25.5 Å². The van der Waals surface area contributed by atoms with Crippen molar-refractivity contribution in [1.29, 1.82) is 5.26 Å². The first-order chi connectivity index (χ1) is 16.9. The molecule has 2 heterocycles. The number of hydrogen-bond donors (Lipinski definition) is 2. The average molecular weight is 468 g/mol. The van der Waals surface area contributed by atoms with Gasteiger partial charge in [-0.1, -0.05) is 55.5 Å². The highest BCUT2D eigenvalue weighted by Crippen LogP contribution is 2.27. The van der Waals surface area contributed by atoms with Gasteiger partial charge in [0.25, 0.3) is 0 Å². The maximum absolute atomic E-state index is 13.3. The fourth-order valence-electron chi connectivity index (χ4n) is 4.31. The van der Waals surface area contributed by atoms with Crippen LogP contribution in [0.1, 0.15) is 53.5 Å². The van der Waals surface area contributed by atoms with Gasteiger partial charge in [0.05, 0.1) is 11.6 Å². The minimum absolute atomic E-state index is 0.132. The van der Waals surface area contributed by atoms with E-state index in [1.165, 1.54) is 0 Å². The maximum atomic E-state index is 13.3. The molecule has 1 aliphatic heterocycles. The van der Waals surface area contributed by atoms with Gasteiger partial charge in [0.2, 0.25) is 11.8 Å². The molecule has 7 nitrogen and oxygen atoms in total. The number of benzene rings is 2. The third-order valence-corrected chi connectivity index (χ3v) is 6.48. The van der Waals surface area contributed by atoms with E-state index in [0.29, 0.717) is 30.9 Å². The molecule has 0 aliphatic carbocycles. The SMILES string of the molecule is C[C@@H](CN[C@@H](C(=O)Nc1ccc(C2CC(=O)N(C)C2)cn1)c1ccccc1)c1ccc(C#N)cc1. The van der Waals surface area contributed by atoms with Crippen molar-refractivity contribution in [3.05, 3.63) is 95.2 Å². The topological polar surface area (TPSA) is 98.1 Å². The number of anilines is 1. The van der Waals surface area contributed by atoms with Gasteiger partial charge in [0.15, 0.2) is 0 Å². The minimum atomic E-state index is -0.556. The number of amides is 2. The van der Waals surface area contributed by atoms with Crippen LogP contribution in [0.4, 0.5) is 5.82 Å². The predicted octanol–water partition coefficient (Wildman–Crippen LogP) is 3.97. The van der Waals surface area contributed by atoms with Crippen LogP contribution in [0.2, 0.25) is 0 Å². The molecule has 3 aromatic rings. The van der Waals surface area contributed by atoms with Crippen LogP contribution in [0.5, 0.6) is 0 Å². The van der Waals surface area contributed by atoms with Gasteiger partial charge in [-0.15, -0.1) is 0 Å². The standard InChI is InChI=1S/C28H29N5O2/c1-19(21-10-8-20(15-29)9-11-21)16-31-27(22-6-4-3-5-7-22)28(35)32-25-13-12-23(17-30-25)24-14-26(34)33(2)18-24/h3-13,17,19,24,27,31H,14,16,18H2,1-2H3,(H,30,32,35)/t19-,24?,27+/m0/s1. The van der Waals surface area contributed by atoms with Crippen LogP contribution >= 0.6 is 0 Å². The van der Waals surface area contributed by atoms with Gasteiger partial charge in [-0.2, -0.15) is 5.26 Å². The fourth-order valence-corrected chi connectivity index (χ4v) is 4.31. The number of nitrogens with zero attached hydrogens (tertiary/aromatic N) is 3. The number of carbonyl (C=O) groups is 2. The summed E-state index contributed by atoms with van der Waals surface area (Å²) in [6, 6.07) is 22.4. The summed E-state index contributed by atoms with van der Waals surface area (Å²) in [7, 11) is 1.81. The lowest BCUT2D eigenvalue weighted by Crippen LogP contribution is -2.35. The molecule has 0 radical (unpaired) electrons. The summed E-state index contributed by atoms with van der Waals surface area (Å²) in [4.78, 5) is 31.3. The Morgan fingerprint density at radius 2 is 1.86 bits per heavy atom. The van der Waals surface area contributed by atoms with Crippen molar-refractivity contribution in [1.82, 2.24) is 15.2 Å². The number of aromatic nitrogens is 1. The first-order valence-electron chi connectivity index (χ1n) is 11.7. The summed E-state index contributed by atoms with van der Waals surface area (Å²) in [5.41, 5.74) is 3.58. The van der Waals surface area contributed by atoms with Gasteiger partial charge in [-0.05, 0) is 40.8 Å². The second-order valence-electron chi connectivity index (χ2n) is 9.03. The zero-order chi connectivity index (χ0) is 24.8. The summed E-state index contributed by atoms with van der Waals surface area (Å²) in [5.74, 6) is 0.691. The predicted molar refractivity (Wildman–Crippen MR) is 135 cm³/mol. The van der Waals surface area contributed by atoms with Gasteiger partial charge in [0.1, 0.15) is 11.9 Å². The number of hydrogen-bond acceptors (Lipinski definition) is 5. The van der Waals surface area contributed by atoms with Crippen molar-refractivity contribution in [2.45, 2.75) is 31.2 Å². The number of nitrogens with one attached hydrogen (secondary N) is 2. The van der Waals surface area contributed by atoms with Crippen molar-refractivity contribution < 1.29 is 9.59 Å². The molecule has 2 N–H and O–H groups in total. The van der Waals surface area contributed by atoms with Gasteiger partial charge in [-0.25, -0.2) is 4.98 Å². The lowest BCUT2D eigenvalue weighted by atomic mass is 9.98. The summed E-state index contributed by atoms with van der Waals surface area (Å²) in [5, 5.41) is 15.3. The molecule has 7 heteroatoms. The number of nitriles is 1. The summed E-state index contributed by atoms with van der Waals surface area (Å²) in [6.45, 7) is 3.35. The van der Waals surface area contributed by atoms with Crippen molar-refractivity contribution >= 4 is 17.6 Å². The van der Waals surface area contributed by atoms with Crippen LogP contribution in [-0.2, 0) is 9.59 Å². The van der Waals surface area contributed by atoms with Crippen LogP contribution in [-0.4, -0.2) is 41.8 Å². The number of likely N-dealkylation sites (tertiary alicyclic amines) is 1. The Labute approximate surface area is 205 Å². The van der Waals surface area contributed by atoms with Gasteiger partial charge < -0.3 is 15.5 Å². The molecule has 0 saturated carbocycles. The van der Waals surface area contributed by atoms with Crippen LogP contribution in [0.15, 0.2) is 72.9 Å². The molecule has 1 fully saturated rings. The normalized spacial score (nSPS) is 17.0. The Hall–Kier alpha value is -4.02. The van der Waals surface area contributed by atoms with Crippen molar-refractivity contribution in [3.63, 3.8) is 0 Å². The third kappa shape index (κ3) is 5.92. The smallest absolute Gasteiger partial charge is 0.247 e. The Kier molecular flexibility index (Phi) is 7.54. The van der Waals surface area contributed by atoms with E-state index in [1.807, 2.05) is 67.7 Å². The molecular weight excluding hydrogens is 438 g/mol. The average Bonchev–Trinajstić information content (AvgIpc) is 3.23. The van der Waals surface area contributed by atoms with E-state index in [-0.39, 0.29) is 23.7 Å². The minimum Gasteiger partial charge on any atom is -0.345 e. The molecule has 2 aromatic carbocycles. The highest BCUT2D eigenvalue weighted by Gasteiger charge is 2.28. The second-order valence-corrected chi connectivity index (χ2v) is 9.03. The quantitative estimate of drug-likeness (QED) is 0.522. The molecular formula is C28H29N5O2. The first kappa shape index (κ1) is 24.1. The van der Waals surface area contributed by atoms with Crippen LogP contribution in [0, 0.1) is 11.3 Å². The molecule has 3 atom stereocenters. The summed E-state index contributed by atoms with van der Waals surface area (Å²) in [6.07, 6.45) is 2.23.